The van der Waals surface area contributed by atoms with Gasteiger partial charge in [0.25, 0.3) is 0 Å². The molecule has 1 aliphatic heterocycles. The topological polar surface area (TPSA) is 62.4 Å². The lowest BCUT2D eigenvalue weighted by molar-refractivity contribution is 0.667. The fourth-order valence-corrected chi connectivity index (χ4v) is 3.14. The van der Waals surface area contributed by atoms with Gasteiger partial charge in [0.1, 0.15) is 0 Å². The number of thioether (sulfide) groups is 1. The summed E-state index contributed by atoms with van der Waals surface area (Å²) in [6.07, 6.45) is 3.93. The third-order valence-corrected chi connectivity index (χ3v) is 4.28. The van der Waals surface area contributed by atoms with Crippen LogP contribution in [0.3, 0.4) is 0 Å². The minimum atomic E-state index is 0.632. The predicted octanol–water partition coefficient (Wildman–Crippen LogP) is 2.20. The highest BCUT2D eigenvalue weighted by Crippen LogP contribution is 2.25. The molecule has 1 fully saturated rings. The van der Waals surface area contributed by atoms with Gasteiger partial charge in [-0.05, 0) is 30.7 Å². The van der Waals surface area contributed by atoms with Gasteiger partial charge in [-0.15, -0.1) is 0 Å². The fraction of sp³-hybridized carbons (Fsp3) is 0.462. The quantitative estimate of drug-likeness (QED) is 0.339. The van der Waals surface area contributed by atoms with Crippen LogP contribution in [0.2, 0.25) is 0 Å². The molecule has 18 heavy (non-hydrogen) atoms. The van der Waals surface area contributed by atoms with E-state index in [1.54, 1.807) is 0 Å². The number of benzene rings is 1. The summed E-state index contributed by atoms with van der Waals surface area (Å²) in [7, 11) is 0. The number of guanidine groups is 1. The van der Waals surface area contributed by atoms with Crippen LogP contribution in [0.5, 0.6) is 0 Å². The van der Waals surface area contributed by atoms with E-state index in [-0.39, 0.29) is 0 Å². The van der Waals surface area contributed by atoms with E-state index in [0.717, 1.165) is 12.2 Å². The van der Waals surface area contributed by atoms with Crippen molar-refractivity contribution in [2.45, 2.75) is 24.5 Å². The molecule has 98 valence electrons. The Balaban J connectivity index is 1.87. The Kier molecular flexibility index (Phi) is 5.36. The first kappa shape index (κ1) is 13.2. The van der Waals surface area contributed by atoms with Crippen molar-refractivity contribution in [3.05, 3.63) is 30.3 Å². The van der Waals surface area contributed by atoms with Crippen molar-refractivity contribution in [3.63, 3.8) is 0 Å². The average molecular weight is 264 g/mol. The summed E-state index contributed by atoms with van der Waals surface area (Å²) >= 11 is 2.02. The monoisotopic (exact) mass is 264 g/mol. The SMILES string of the molecule is NNC(=NCC1CCCCS1)Nc1ccccc1. The number of para-hydroxylation sites is 1. The second kappa shape index (κ2) is 7.28. The van der Waals surface area contributed by atoms with Crippen LogP contribution < -0.4 is 16.6 Å². The van der Waals surface area contributed by atoms with Crippen LogP contribution in [-0.4, -0.2) is 23.5 Å². The van der Waals surface area contributed by atoms with E-state index in [9.17, 15) is 0 Å². The molecule has 4 nitrogen and oxygen atoms in total. The molecule has 0 spiro atoms. The Bertz CT molecular complexity index is 374. The van der Waals surface area contributed by atoms with Crippen molar-refractivity contribution in [2.75, 3.05) is 17.6 Å². The number of nitrogens with zero attached hydrogens (tertiary/aromatic N) is 1. The molecule has 1 aromatic carbocycles. The molecule has 2 rings (SSSR count). The zero-order valence-electron chi connectivity index (χ0n) is 10.4. The summed E-state index contributed by atoms with van der Waals surface area (Å²) in [4.78, 5) is 4.51. The molecule has 0 amide bonds. The molecule has 1 aromatic rings. The van der Waals surface area contributed by atoms with Crippen molar-refractivity contribution >= 4 is 23.4 Å². The summed E-state index contributed by atoms with van der Waals surface area (Å²) in [6, 6.07) is 9.92. The van der Waals surface area contributed by atoms with E-state index < -0.39 is 0 Å². The van der Waals surface area contributed by atoms with E-state index >= 15 is 0 Å². The van der Waals surface area contributed by atoms with Crippen LogP contribution >= 0.6 is 11.8 Å². The van der Waals surface area contributed by atoms with Gasteiger partial charge in [-0.3, -0.25) is 10.4 Å². The highest BCUT2D eigenvalue weighted by molar-refractivity contribution is 7.99. The first-order valence-electron chi connectivity index (χ1n) is 6.33. The summed E-state index contributed by atoms with van der Waals surface area (Å²) in [6.45, 7) is 0.823. The van der Waals surface area contributed by atoms with Gasteiger partial charge < -0.3 is 5.32 Å². The minimum absolute atomic E-state index is 0.632. The fourth-order valence-electron chi connectivity index (χ4n) is 1.92. The smallest absolute Gasteiger partial charge is 0.210 e. The Morgan fingerprint density at radius 2 is 2.17 bits per heavy atom. The molecule has 0 aliphatic carbocycles. The maximum Gasteiger partial charge on any atom is 0.210 e. The van der Waals surface area contributed by atoms with Gasteiger partial charge in [0.15, 0.2) is 0 Å². The normalized spacial score (nSPS) is 20.5. The molecule has 1 atom stereocenters. The molecule has 1 heterocycles. The van der Waals surface area contributed by atoms with Gasteiger partial charge in [0.2, 0.25) is 5.96 Å². The number of nitrogens with one attached hydrogen (secondary N) is 2. The zero-order valence-corrected chi connectivity index (χ0v) is 11.2. The van der Waals surface area contributed by atoms with Crippen LogP contribution in [0.4, 0.5) is 5.69 Å². The maximum absolute atomic E-state index is 5.49. The number of hydrogen-bond donors (Lipinski definition) is 3. The van der Waals surface area contributed by atoms with E-state index in [2.05, 4.69) is 15.7 Å². The van der Waals surface area contributed by atoms with E-state index in [1.165, 1.54) is 25.0 Å². The Morgan fingerprint density at radius 3 is 2.83 bits per heavy atom. The van der Waals surface area contributed by atoms with E-state index in [0.29, 0.717) is 11.2 Å². The van der Waals surface area contributed by atoms with Crippen LogP contribution in [-0.2, 0) is 0 Å². The van der Waals surface area contributed by atoms with Crippen LogP contribution in [0, 0.1) is 0 Å². The highest BCUT2D eigenvalue weighted by Gasteiger charge is 2.13. The van der Waals surface area contributed by atoms with Gasteiger partial charge in [0.05, 0.1) is 6.54 Å². The first-order chi connectivity index (χ1) is 8.88. The summed E-state index contributed by atoms with van der Waals surface area (Å²) in [5, 5.41) is 3.81. The third kappa shape index (κ3) is 4.23. The molecule has 1 aliphatic rings. The Morgan fingerprint density at radius 1 is 1.33 bits per heavy atom. The molecular weight excluding hydrogens is 244 g/mol. The summed E-state index contributed by atoms with van der Waals surface area (Å²) in [5.41, 5.74) is 3.61. The van der Waals surface area contributed by atoms with Crippen LogP contribution in [0.15, 0.2) is 35.3 Å². The molecule has 1 saturated heterocycles. The van der Waals surface area contributed by atoms with Crippen molar-refractivity contribution < 1.29 is 0 Å². The van der Waals surface area contributed by atoms with Crippen LogP contribution in [0.1, 0.15) is 19.3 Å². The predicted molar refractivity (Wildman–Crippen MR) is 79.8 cm³/mol. The van der Waals surface area contributed by atoms with Crippen LogP contribution in [0.25, 0.3) is 0 Å². The average Bonchev–Trinajstić information content (AvgIpc) is 2.45. The molecule has 4 N–H and O–H groups in total. The number of aliphatic imine (C=N–C) groups is 1. The standard InChI is InChI=1S/C13H20N4S/c14-17-13(16-11-6-2-1-3-7-11)15-10-12-8-4-5-9-18-12/h1-3,6-7,12H,4-5,8-10,14H2,(H2,15,16,17). The number of rotatable bonds is 3. The molecule has 0 bridgehead atoms. The second-order valence-electron chi connectivity index (χ2n) is 4.31. The van der Waals surface area contributed by atoms with Gasteiger partial charge in [-0.2, -0.15) is 11.8 Å². The van der Waals surface area contributed by atoms with E-state index in [1.807, 2.05) is 42.1 Å². The summed E-state index contributed by atoms with van der Waals surface area (Å²) in [5.74, 6) is 7.38. The maximum atomic E-state index is 5.49. The second-order valence-corrected chi connectivity index (χ2v) is 5.72. The molecule has 0 saturated carbocycles. The van der Waals surface area contributed by atoms with E-state index in [4.69, 9.17) is 5.84 Å². The third-order valence-electron chi connectivity index (χ3n) is 2.90. The lowest BCUT2D eigenvalue weighted by Gasteiger charge is -2.19. The van der Waals surface area contributed by atoms with Crippen molar-refractivity contribution in [1.29, 1.82) is 0 Å². The first-order valence-corrected chi connectivity index (χ1v) is 7.38. The number of anilines is 1. The minimum Gasteiger partial charge on any atom is -0.325 e. The molecule has 1 unspecified atom stereocenters. The van der Waals surface area contributed by atoms with Gasteiger partial charge in [-0.1, -0.05) is 24.6 Å². The van der Waals surface area contributed by atoms with Crippen molar-refractivity contribution in [3.8, 4) is 0 Å². The summed E-state index contributed by atoms with van der Waals surface area (Å²) < 4.78 is 0. The molecule has 0 aromatic heterocycles. The number of hydrogen-bond acceptors (Lipinski definition) is 3. The lowest BCUT2D eigenvalue weighted by Crippen LogP contribution is -2.37. The van der Waals surface area contributed by atoms with Crippen molar-refractivity contribution in [2.24, 2.45) is 10.8 Å². The van der Waals surface area contributed by atoms with Gasteiger partial charge in [0, 0.05) is 10.9 Å². The Labute approximate surface area is 112 Å². The molecule has 5 heteroatoms. The molecular formula is C13H20N4S. The van der Waals surface area contributed by atoms with Gasteiger partial charge >= 0.3 is 0 Å². The molecule has 0 radical (unpaired) electrons. The zero-order chi connectivity index (χ0) is 12.6. The van der Waals surface area contributed by atoms with Gasteiger partial charge in [-0.25, -0.2) is 5.84 Å². The van der Waals surface area contributed by atoms with Crippen molar-refractivity contribution in [1.82, 2.24) is 5.43 Å². The Hall–Kier alpha value is -1.20. The largest absolute Gasteiger partial charge is 0.325 e. The lowest BCUT2D eigenvalue weighted by atomic mass is 10.2. The number of nitrogens with two attached hydrogens (primary N) is 1. The number of hydrazine groups is 1. The highest BCUT2D eigenvalue weighted by atomic mass is 32.2.